The molecule has 0 radical (unpaired) electrons. The Kier molecular flexibility index (Phi) is 5.08. The van der Waals surface area contributed by atoms with Gasteiger partial charge in [0.25, 0.3) is 0 Å². The second-order valence-electron chi connectivity index (χ2n) is 7.17. The number of nitrogens with zero attached hydrogens (tertiary/aromatic N) is 2. The SMILES string of the molecule is N#Cc1ccc2c(C3CCN(CCNc4cccc(F)c4)CC3)c[nH]c2c1. The summed E-state index contributed by atoms with van der Waals surface area (Å²) in [6.45, 7) is 3.91. The lowest BCUT2D eigenvalue weighted by Crippen LogP contribution is -2.36. The molecule has 1 aliphatic heterocycles. The Bertz CT molecular complexity index is 964. The zero-order valence-corrected chi connectivity index (χ0v) is 15.2. The molecule has 0 amide bonds. The van der Waals surface area contributed by atoms with Gasteiger partial charge in [-0.25, -0.2) is 4.39 Å². The number of nitriles is 1. The molecule has 5 heteroatoms. The molecule has 4 nitrogen and oxygen atoms in total. The molecule has 27 heavy (non-hydrogen) atoms. The fourth-order valence-corrected chi connectivity index (χ4v) is 3.98. The summed E-state index contributed by atoms with van der Waals surface area (Å²) in [5.41, 5.74) is 3.94. The van der Waals surface area contributed by atoms with Gasteiger partial charge in [-0.05, 0) is 67.7 Å². The molecule has 2 N–H and O–H groups in total. The zero-order chi connectivity index (χ0) is 18.6. The number of hydrogen-bond donors (Lipinski definition) is 2. The van der Waals surface area contributed by atoms with Gasteiger partial charge < -0.3 is 15.2 Å². The first-order valence-electron chi connectivity index (χ1n) is 9.46. The van der Waals surface area contributed by atoms with E-state index >= 15 is 0 Å². The number of rotatable bonds is 5. The monoisotopic (exact) mass is 362 g/mol. The largest absolute Gasteiger partial charge is 0.384 e. The highest BCUT2D eigenvalue weighted by atomic mass is 19.1. The van der Waals surface area contributed by atoms with E-state index in [9.17, 15) is 4.39 Å². The Morgan fingerprint density at radius 2 is 2.04 bits per heavy atom. The zero-order valence-electron chi connectivity index (χ0n) is 15.2. The van der Waals surface area contributed by atoms with E-state index in [0.717, 1.165) is 50.2 Å². The number of aromatic nitrogens is 1. The van der Waals surface area contributed by atoms with Crippen LogP contribution >= 0.6 is 0 Å². The van der Waals surface area contributed by atoms with Gasteiger partial charge in [0.1, 0.15) is 5.82 Å². The van der Waals surface area contributed by atoms with Gasteiger partial charge in [-0.1, -0.05) is 12.1 Å². The third kappa shape index (κ3) is 3.96. The molecule has 0 bridgehead atoms. The van der Waals surface area contributed by atoms with Crippen molar-refractivity contribution in [3.8, 4) is 6.07 Å². The van der Waals surface area contributed by atoms with Crippen LogP contribution in [0.4, 0.5) is 10.1 Å². The van der Waals surface area contributed by atoms with E-state index in [2.05, 4.69) is 33.5 Å². The van der Waals surface area contributed by atoms with Crippen molar-refractivity contribution in [3.05, 3.63) is 65.6 Å². The van der Waals surface area contributed by atoms with E-state index in [1.165, 1.54) is 23.1 Å². The standard InChI is InChI=1S/C22H23FN4/c23-18-2-1-3-19(13-18)25-8-11-27-9-6-17(7-10-27)21-15-26-22-12-16(14-24)4-5-20(21)22/h1-5,12-13,15,17,25-26H,6-11H2. The summed E-state index contributed by atoms with van der Waals surface area (Å²) >= 11 is 0. The van der Waals surface area contributed by atoms with Crippen molar-refractivity contribution in [1.29, 1.82) is 5.26 Å². The molecule has 3 aromatic rings. The van der Waals surface area contributed by atoms with E-state index in [0.29, 0.717) is 11.5 Å². The number of nitrogens with one attached hydrogen (secondary N) is 2. The Balaban J connectivity index is 1.31. The molecule has 1 fully saturated rings. The molecule has 0 spiro atoms. The average Bonchev–Trinajstić information content (AvgIpc) is 3.12. The van der Waals surface area contributed by atoms with E-state index in [1.54, 1.807) is 6.07 Å². The first kappa shape index (κ1) is 17.6. The number of fused-ring (bicyclic) bond motifs is 1. The van der Waals surface area contributed by atoms with Crippen LogP contribution in [0.2, 0.25) is 0 Å². The van der Waals surface area contributed by atoms with Crippen LogP contribution in [0, 0.1) is 17.1 Å². The van der Waals surface area contributed by atoms with Crippen molar-refractivity contribution in [2.24, 2.45) is 0 Å². The van der Waals surface area contributed by atoms with E-state index in [4.69, 9.17) is 5.26 Å². The van der Waals surface area contributed by atoms with Crippen molar-refractivity contribution < 1.29 is 4.39 Å². The average molecular weight is 362 g/mol. The molecule has 1 aromatic heterocycles. The minimum atomic E-state index is -0.207. The molecule has 0 unspecified atom stereocenters. The van der Waals surface area contributed by atoms with Crippen LogP contribution in [0.3, 0.4) is 0 Å². The van der Waals surface area contributed by atoms with Gasteiger partial charge in [0.2, 0.25) is 0 Å². The van der Waals surface area contributed by atoms with Crippen LogP contribution in [0.1, 0.15) is 29.9 Å². The molecule has 1 saturated heterocycles. The van der Waals surface area contributed by atoms with Gasteiger partial charge in [0, 0.05) is 35.9 Å². The molecule has 0 aliphatic carbocycles. The fourth-order valence-electron chi connectivity index (χ4n) is 3.98. The molecular weight excluding hydrogens is 339 g/mol. The fraction of sp³-hybridized carbons (Fsp3) is 0.318. The molecule has 138 valence electrons. The minimum Gasteiger partial charge on any atom is -0.384 e. The van der Waals surface area contributed by atoms with Gasteiger partial charge in [-0.3, -0.25) is 0 Å². The van der Waals surface area contributed by atoms with Crippen LogP contribution < -0.4 is 5.32 Å². The second kappa shape index (κ2) is 7.81. The van der Waals surface area contributed by atoms with E-state index in [-0.39, 0.29) is 5.82 Å². The normalized spacial score (nSPS) is 15.7. The second-order valence-corrected chi connectivity index (χ2v) is 7.17. The molecule has 2 aromatic carbocycles. The number of anilines is 1. The maximum absolute atomic E-state index is 13.2. The number of hydrogen-bond acceptors (Lipinski definition) is 3. The Hall–Kier alpha value is -2.84. The maximum atomic E-state index is 13.2. The van der Waals surface area contributed by atoms with Crippen molar-refractivity contribution in [3.63, 3.8) is 0 Å². The van der Waals surface area contributed by atoms with Crippen LogP contribution in [-0.2, 0) is 0 Å². The first-order chi connectivity index (χ1) is 13.2. The highest BCUT2D eigenvalue weighted by Gasteiger charge is 2.22. The summed E-state index contributed by atoms with van der Waals surface area (Å²) in [7, 11) is 0. The van der Waals surface area contributed by atoms with Crippen molar-refractivity contribution >= 4 is 16.6 Å². The Morgan fingerprint density at radius 3 is 2.81 bits per heavy atom. The van der Waals surface area contributed by atoms with Crippen molar-refractivity contribution in [2.45, 2.75) is 18.8 Å². The molecule has 0 atom stereocenters. The third-order valence-corrected chi connectivity index (χ3v) is 5.45. The Labute approximate surface area is 158 Å². The smallest absolute Gasteiger partial charge is 0.125 e. The predicted molar refractivity (Wildman–Crippen MR) is 106 cm³/mol. The number of piperidine rings is 1. The molecule has 1 aliphatic rings. The number of likely N-dealkylation sites (tertiary alicyclic amines) is 1. The number of benzene rings is 2. The van der Waals surface area contributed by atoms with Crippen LogP contribution in [0.15, 0.2) is 48.7 Å². The lowest BCUT2D eigenvalue weighted by Gasteiger charge is -2.32. The predicted octanol–water partition coefficient (Wildman–Crippen LogP) is 4.47. The highest BCUT2D eigenvalue weighted by molar-refractivity contribution is 5.85. The van der Waals surface area contributed by atoms with Gasteiger partial charge in [0.15, 0.2) is 0 Å². The Morgan fingerprint density at radius 1 is 1.19 bits per heavy atom. The molecule has 2 heterocycles. The van der Waals surface area contributed by atoms with Gasteiger partial charge >= 0.3 is 0 Å². The highest BCUT2D eigenvalue weighted by Crippen LogP contribution is 2.33. The van der Waals surface area contributed by atoms with Crippen molar-refractivity contribution in [2.75, 3.05) is 31.5 Å². The molecule has 4 rings (SSSR count). The maximum Gasteiger partial charge on any atom is 0.125 e. The quantitative estimate of drug-likeness (QED) is 0.704. The topological polar surface area (TPSA) is 54.9 Å². The number of aromatic amines is 1. The summed E-state index contributed by atoms with van der Waals surface area (Å²) in [5.74, 6) is 0.348. The summed E-state index contributed by atoms with van der Waals surface area (Å²) in [5, 5.41) is 13.6. The summed E-state index contributed by atoms with van der Waals surface area (Å²) in [6, 6.07) is 14.7. The van der Waals surface area contributed by atoms with Crippen LogP contribution in [-0.4, -0.2) is 36.1 Å². The summed E-state index contributed by atoms with van der Waals surface area (Å²) in [4.78, 5) is 5.79. The minimum absolute atomic E-state index is 0.207. The van der Waals surface area contributed by atoms with Crippen LogP contribution in [0.5, 0.6) is 0 Å². The van der Waals surface area contributed by atoms with Gasteiger partial charge in [-0.2, -0.15) is 5.26 Å². The lowest BCUT2D eigenvalue weighted by atomic mass is 9.89. The lowest BCUT2D eigenvalue weighted by molar-refractivity contribution is 0.220. The van der Waals surface area contributed by atoms with Crippen molar-refractivity contribution in [1.82, 2.24) is 9.88 Å². The number of H-pyrrole nitrogens is 1. The van der Waals surface area contributed by atoms with Gasteiger partial charge in [0.05, 0.1) is 11.6 Å². The summed E-state index contributed by atoms with van der Waals surface area (Å²) < 4.78 is 13.2. The van der Waals surface area contributed by atoms with E-state index in [1.807, 2.05) is 18.2 Å². The molecular formula is C22H23FN4. The first-order valence-corrected chi connectivity index (χ1v) is 9.46. The summed E-state index contributed by atoms with van der Waals surface area (Å²) in [6.07, 6.45) is 4.37. The molecule has 0 saturated carbocycles. The van der Waals surface area contributed by atoms with Crippen LogP contribution in [0.25, 0.3) is 10.9 Å². The van der Waals surface area contributed by atoms with Gasteiger partial charge in [-0.15, -0.1) is 0 Å². The third-order valence-electron chi connectivity index (χ3n) is 5.45. The number of halogens is 1. The van der Waals surface area contributed by atoms with E-state index < -0.39 is 0 Å².